The summed E-state index contributed by atoms with van der Waals surface area (Å²) in [7, 11) is 0. The van der Waals surface area contributed by atoms with Crippen molar-refractivity contribution in [3.63, 3.8) is 0 Å². The third-order valence-electron chi connectivity index (χ3n) is 4.15. The summed E-state index contributed by atoms with van der Waals surface area (Å²) < 4.78 is 5.76. The normalized spacial score (nSPS) is 22.2. The number of nitrogens with zero attached hydrogens (tertiary/aromatic N) is 2. The molecule has 0 unspecified atom stereocenters. The summed E-state index contributed by atoms with van der Waals surface area (Å²) >= 11 is 3.18. The number of aromatic nitrogens is 2. The van der Waals surface area contributed by atoms with Gasteiger partial charge in [-0.15, -0.1) is 22.7 Å². The number of hydrogen-bond acceptors (Lipinski definition) is 6. The lowest BCUT2D eigenvalue weighted by atomic mass is 10.2. The summed E-state index contributed by atoms with van der Waals surface area (Å²) in [5, 5.41) is 4.76. The fourth-order valence-electron chi connectivity index (χ4n) is 3.31. The van der Waals surface area contributed by atoms with E-state index in [9.17, 15) is 4.79 Å². The zero-order valence-electron chi connectivity index (χ0n) is 13.6. The van der Waals surface area contributed by atoms with Crippen molar-refractivity contribution in [2.45, 2.75) is 32.6 Å². The van der Waals surface area contributed by atoms with Crippen LogP contribution in [0.2, 0.25) is 0 Å². The number of thiophene rings is 2. The van der Waals surface area contributed by atoms with Crippen molar-refractivity contribution >= 4 is 32.9 Å². The Balaban J connectivity index is 1.65. The highest BCUT2D eigenvalue weighted by Crippen LogP contribution is 2.33. The van der Waals surface area contributed by atoms with Gasteiger partial charge in [0.2, 0.25) is 0 Å². The van der Waals surface area contributed by atoms with Crippen LogP contribution in [-0.2, 0) is 11.3 Å². The Morgan fingerprint density at radius 3 is 2.83 bits per heavy atom. The predicted octanol–water partition coefficient (Wildman–Crippen LogP) is 3.32. The number of fused-ring (bicyclic) bond motifs is 1. The molecule has 1 aliphatic heterocycles. The van der Waals surface area contributed by atoms with Crippen LogP contribution in [-0.4, -0.2) is 40.2 Å². The Kier molecular flexibility index (Phi) is 4.26. The van der Waals surface area contributed by atoms with Crippen molar-refractivity contribution in [3.8, 4) is 10.4 Å². The number of ether oxygens (including phenoxy) is 1. The van der Waals surface area contributed by atoms with E-state index in [1.807, 2.05) is 22.9 Å². The molecule has 2 atom stereocenters. The number of morpholine rings is 1. The summed E-state index contributed by atoms with van der Waals surface area (Å²) in [4.78, 5) is 24.5. The smallest absolute Gasteiger partial charge is 0.260 e. The van der Waals surface area contributed by atoms with E-state index in [-0.39, 0.29) is 17.8 Å². The zero-order chi connectivity index (χ0) is 16.7. The van der Waals surface area contributed by atoms with Crippen LogP contribution in [0.5, 0.6) is 0 Å². The van der Waals surface area contributed by atoms with Crippen LogP contribution in [0.25, 0.3) is 20.7 Å². The third-order valence-corrected chi connectivity index (χ3v) is 5.92. The van der Waals surface area contributed by atoms with Crippen molar-refractivity contribution in [3.05, 3.63) is 39.1 Å². The van der Waals surface area contributed by atoms with E-state index in [2.05, 4.69) is 23.7 Å². The molecule has 3 aromatic rings. The van der Waals surface area contributed by atoms with Crippen molar-refractivity contribution in [2.24, 2.45) is 0 Å². The maximum absolute atomic E-state index is 12.6. The Morgan fingerprint density at radius 2 is 2.12 bits per heavy atom. The summed E-state index contributed by atoms with van der Waals surface area (Å²) in [6.45, 7) is 6.52. The molecule has 4 rings (SSSR count). The van der Waals surface area contributed by atoms with E-state index in [0.717, 1.165) is 34.2 Å². The standard InChI is InChI=1S/C17H19N3O2S2/c1-10-6-20(7-11(2)22-10)8-14-18-16(21)15-12(9-24-17(15)19-14)13-4-3-5-23-13/h3-5,9-11H,6-8H2,1-2H3,(H,18,19,21)/t10-,11+. The lowest BCUT2D eigenvalue weighted by Gasteiger charge is -2.34. The summed E-state index contributed by atoms with van der Waals surface area (Å²) in [5.41, 5.74) is 0.938. The maximum atomic E-state index is 12.6. The summed E-state index contributed by atoms with van der Waals surface area (Å²) in [6.07, 6.45) is 0.410. The van der Waals surface area contributed by atoms with Crippen LogP contribution < -0.4 is 5.56 Å². The van der Waals surface area contributed by atoms with E-state index in [4.69, 9.17) is 9.72 Å². The van der Waals surface area contributed by atoms with E-state index in [0.29, 0.717) is 11.9 Å². The number of H-pyrrole nitrogens is 1. The van der Waals surface area contributed by atoms with Gasteiger partial charge in [0.05, 0.1) is 24.1 Å². The van der Waals surface area contributed by atoms with Crippen LogP contribution >= 0.6 is 22.7 Å². The maximum Gasteiger partial charge on any atom is 0.260 e. The second kappa shape index (κ2) is 6.40. The second-order valence-electron chi connectivity index (χ2n) is 6.27. The van der Waals surface area contributed by atoms with E-state index in [1.165, 1.54) is 11.3 Å². The minimum Gasteiger partial charge on any atom is -0.373 e. The molecule has 7 heteroatoms. The topological polar surface area (TPSA) is 58.2 Å². The van der Waals surface area contributed by atoms with Gasteiger partial charge >= 0.3 is 0 Å². The molecular weight excluding hydrogens is 342 g/mol. The van der Waals surface area contributed by atoms with Gasteiger partial charge in [0.1, 0.15) is 10.7 Å². The highest BCUT2D eigenvalue weighted by molar-refractivity contribution is 7.18. The molecule has 3 aromatic heterocycles. The molecule has 1 N–H and O–H groups in total. The molecule has 0 saturated carbocycles. The number of aromatic amines is 1. The molecule has 1 saturated heterocycles. The molecule has 0 radical (unpaired) electrons. The molecule has 24 heavy (non-hydrogen) atoms. The minimum atomic E-state index is -0.0472. The minimum absolute atomic E-state index is 0.0472. The molecule has 126 valence electrons. The Morgan fingerprint density at radius 1 is 1.33 bits per heavy atom. The molecule has 1 fully saturated rings. The molecule has 0 aliphatic carbocycles. The first-order valence-electron chi connectivity index (χ1n) is 8.02. The summed E-state index contributed by atoms with van der Waals surface area (Å²) in [6, 6.07) is 4.04. The first-order valence-corrected chi connectivity index (χ1v) is 9.78. The van der Waals surface area contributed by atoms with Crippen molar-refractivity contribution < 1.29 is 4.74 Å². The number of hydrogen-bond donors (Lipinski definition) is 1. The molecule has 0 bridgehead atoms. The fraction of sp³-hybridized carbons (Fsp3) is 0.412. The molecule has 0 spiro atoms. The molecular formula is C17H19N3O2S2. The largest absolute Gasteiger partial charge is 0.373 e. The fourth-order valence-corrected chi connectivity index (χ4v) is 5.09. The van der Waals surface area contributed by atoms with E-state index in [1.54, 1.807) is 11.3 Å². The average Bonchev–Trinajstić information content (AvgIpc) is 3.14. The molecule has 0 amide bonds. The van der Waals surface area contributed by atoms with Crippen LogP contribution in [0.4, 0.5) is 0 Å². The van der Waals surface area contributed by atoms with Crippen LogP contribution in [0.15, 0.2) is 27.7 Å². The molecule has 0 aromatic carbocycles. The Labute approximate surface area is 147 Å². The van der Waals surface area contributed by atoms with Gasteiger partial charge in [-0.05, 0) is 25.3 Å². The van der Waals surface area contributed by atoms with Crippen molar-refractivity contribution in [1.29, 1.82) is 0 Å². The Bertz CT molecular complexity index is 890. The monoisotopic (exact) mass is 361 g/mol. The SMILES string of the molecule is C[C@@H]1CN(Cc2nc3scc(-c4cccs4)c3c(=O)[nH]2)C[C@H](C)O1. The molecule has 4 heterocycles. The van der Waals surface area contributed by atoms with Gasteiger partial charge in [-0.1, -0.05) is 6.07 Å². The van der Waals surface area contributed by atoms with Gasteiger partial charge in [-0.25, -0.2) is 4.98 Å². The van der Waals surface area contributed by atoms with Gasteiger partial charge < -0.3 is 9.72 Å². The van der Waals surface area contributed by atoms with Crippen LogP contribution in [0.3, 0.4) is 0 Å². The van der Waals surface area contributed by atoms with Gasteiger partial charge in [-0.3, -0.25) is 9.69 Å². The quantitative estimate of drug-likeness (QED) is 0.777. The summed E-state index contributed by atoms with van der Waals surface area (Å²) in [5.74, 6) is 0.730. The van der Waals surface area contributed by atoms with Crippen molar-refractivity contribution in [1.82, 2.24) is 14.9 Å². The van der Waals surface area contributed by atoms with Crippen molar-refractivity contribution in [2.75, 3.05) is 13.1 Å². The van der Waals surface area contributed by atoms with Gasteiger partial charge in [-0.2, -0.15) is 0 Å². The van der Waals surface area contributed by atoms with E-state index >= 15 is 0 Å². The van der Waals surface area contributed by atoms with Gasteiger partial charge in [0.25, 0.3) is 5.56 Å². The van der Waals surface area contributed by atoms with Crippen LogP contribution in [0.1, 0.15) is 19.7 Å². The predicted molar refractivity (Wildman–Crippen MR) is 98.8 cm³/mol. The lowest BCUT2D eigenvalue weighted by molar-refractivity contribution is -0.0710. The zero-order valence-corrected chi connectivity index (χ0v) is 15.2. The molecule has 1 aliphatic rings. The van der Waals surface area contributed by atoms with Gasteiger partial charge in [0, 0.05) is 28.9 Å². The Hall–Kier alpha value is -1.54. The third kappa shape index (κ3) is 3.04. The average molecular weight is 361 g/mol. The first-order chi connectivity index (χ1) is 11.6. The lowest BCUT2D eigenvalue weighted by Crippen LogP contribution is -2.45. The first kappa shape index (κ1) is 16.0. The van der Waals surface area contributed by atoms with E-state index < -0.39 is 0 Å². The highest BCUT2D eigenvalue weighted by atomic mass is 32.1. The van der Waals surface area contributed by atoms with Gasteiger partial charge in [0.15, 0.2) is 0 Å². The highest BCUT2D eigenvalue weighted by Gasteiger charge is 2.23. The number of rotatable bonds is 3. The number of nitrogens with one attached hydrogen (secondary N) is 1. The second-order valence-corrected chi connectivity index (χ2v) is 8.08. The van der Waals surface area contributed by atoms with Crippen LogP contribution in [0, 0.1) is 0 Å². The molecule has 5 nitrogen and oxygen atoms in total.